The number of para-hydroxylation sites is 1. The summed E-state index contributed by atoms with van der Waals surface area (Å²) in [4.78, 5) is 23.9. The molecule has 5 heteroatoms. The summed E-state index contributed by atoms with van der Waals surface area (Å²) in [5, 5.41) is 5.85. The van der Waals surface area contributed by atoms with E-state index in [-0.39, 0.29) is 12.5 Å². The van der Waals surface area contributed by atoms with Crippen LogP contribution in [0.1, 0.15) is 22.8 Å². The Morgan fingerprint density at radius 1 is 1.00 bits per heavy atom. The van der Waals surface area contributed by atoms with Crippen LogP contribution in [0.2, 0.25) is 0 Å². The van der Waals surface area contributed by atoms with Crippen molar-refractivity contribution in [2.24, 2.45) is 0 Å². The summed E-state index contributed by atoms with van der Waals surface area (Å²) in [6, 6.07) is 16.9. The average Bonchev–Trinajstić information content (AvgIpc) is 2.60. The van der Waals surface area contributed by atoms with Crippen LogP contribution in [0, 0.1) is 0 Å². The largest absolute Gasteiger partial charge is 0.462 e. The van der Waals surface area contributed by atoms with Gasteiger partial charge in [-0.15, -0.1) is 0 Å². The van der Waals surface area contributed by atoms with Gasteiger partial charge in [0, 0.05) is 0 Å². The van der Waals surface area contributed by atoms with Crippen LogP contribution in [0.5, 0.6) is 0 Å². The van der Waals surface area contributed by atoms with Gasteiger partial charge in [0.1, 0.15) is 0 Å². The molecule has 0 aliphatic carbocycles. The molecule has 1 amide bonds. The molecular formula is C19H22N2O3. The highest BCUT2D eigenvalue weighted by molar-refractivity contribution is 6.01. The molecule has 5 nitrogen and oxygen atoms in total. The van der Waals surface area contributed by atoms with E-state index in [1.165, 1.54) is 5.56 Å². The van der Waals surface area contributed by atoms with Crippen LogP contribution in [0.4, 0.5) is 5.69 Å². The summed E-state index contributed by atoms with van der Waals surface area (Å²) in [7, 11) is 0. The van der Waals surface area contributed by atoms with Gasteiger partial charge in [-0.2, -0.15) is 0 Å². The minimum Gasteiger partial charge on any atom is -0.462 e. The summed E-state index contributed by atoms with van der Waals surface area (Å²) in [6.45, 7) is 2.93. The standard InChI is InChI=1S/C19H22N2O3/c1-2-24-19(23)16-10-6-7-11-17(16)21-18(22)14-20-13-12-15-8-4-3-5-9-15/h3-11,20H,2,12-14H2,1H3,(H,21,22). The molecule has 0 radical (unpaired) electrons. The quantitative estimate of drug-likeness (QED) is 0.578. The molecule has 0 spiro atoms. The molecular weight excluding hydrogens is 304 g/mol. The van der Waals surface area contributed by atoms with Gasteiger partial charge in [0.05, 0.1) is 24.4 Å². The molecule has 0 atom stereocenters. The number of rotatable bonds is 8. The zero-order chi connectivity index (χ0) is 17.2. The first-order chi connectivity index (χ1) is 11.7. The van der Waals surface area contributed by atoms with E-state index < -0.39 is 5.97 Å². The Hall–Kier alpha value is -2.66. The summed E-state index contributed by atoms with van der Waals surface area (Å²) in [5.74, 6) is -0.634. The molecule has 0 aliphatic heterocycles. The highest BCUT2D eigenvalue weighted by Gasteiger charge is 2.13. The number of anilines is 1. The second-order valence-corrected chi connectivity index (χ2v) is 5.23. The Morgan fingerprint density at radius 2 is 1.71 bits per heavy atom. The minimum absolute atomic E-state index is 0.185. The third-order valence-corrected chi connectivity index (χ3v) is 3.42. The maximum absolute atomic E-state index is 12.0. The Morgan fingerprint density at radius 3 is 2.46 bits per heavy atom. The third kappa shape index (κ3) is 5.52. The Labute approximate surface area is 142 Å². The van der Waals surface area contributed by atoms with Gasteiger partial charge in [-0.25, -0.2) is 4.79 Å². The first-order valence-corrected chi connectivity index (χ1v) is 8.01. The molecule has 2 rings (SSSR count). The fourth-order valence-electron chi connectivity index (χ4n) is 2.25. The van der Waals surface area contributed by atoms with Crippen molar-refractivity contribution in [3.63, 3.8) is 0 Å². The summed E-state index contributed by atoms with van der Waals surface area (Å²) >= 11 is 0. The second kappa shape index (κ2) is 9.47. The zero-order valence-corrected chi connectivity index (χ0v) is 13.7. The molecule has 0 saturated carbocycles. The van der Waals surface area contributed by atoms with E-state index in [1.807, 2.05) is 18.2 Å². The molecule has 0 heterocycles. The van der Waals surface area contributed by atoms with Crippen LogP contribution in [0.15, 0.2) is 54.6 Å². The molecule has 2 aromatic carbocycles. The maximum atomic E-state index is 12.0. The van der Waals surface area contributed by atoms with Crippen molar-refractivity contribution in [2.45, 2.75) is 13.3 Å². The van der Waals surface area contributed by atoms with E-state index in [4.69, 9.17) is 4.74 Å². The van der Waals surface area contributed by atoms with E-state index in [1.54, 1.807) is 31.2 Å². The Balaban J connectivity index is 1.81. The number of nitrogens with one attached hydrogen (secondary N) is 2. The zero-order valence-electron chi connectivity index (χ0n) is 13.7. The Bertz CT molecular complexity index is 671. The van der Waals surface area contributed by atoms with Crippen LogP contribution in [0.25, 0.3) is 0 Å². The van der Waals surface area contributed by atoms with E-state index >= 15 is 0 Å². The number of hydrogen-bond donors (Lipinski definition) is 2. The van der Waals surface area contributed by atoms with E-state index in [0.29, 0.717) is 24.4 Å². The van der Waals surface area contributed by atoms with Crippen molar-refractivity contribution < 1.29 is 14.3 Å². The monoisotopic (exact) mass is 326 g/mol. The van der Waals surface area contributed by atoms with Gasteiger partial charge in [0.15, 0.2) is 0 Å². The van der Waals surface area contributed by atoms with Crippen molar-refractivity contribution in [3.05, 3.63) is 65.7 Å². The predicted octanol–water partition coefficient (Wildman–Crippen LogP) is 2.63. The van der Waals surface area contributed by atoms with Crippen LogP contribution in [-0.4, -0.2) is 31.6 Å². The SMILES string of the molecule is CCOC(=O)c1ccccc1NC(=O)CNCCc1ccccc1. The van der Waals surface area contributed by atoms with Crippen molar-refractivity contribution in [1.82, 2.24) is 5.32 Å². The maximum Gasteiger partial charge on any atom is 0.340 e. The number of esters is 1. The van der Waals surface area contributed by atoms with E-state index in [0.717, 1.165) is 6.42 Å². The van der Waals surface area contributed by atoms with Crippen molar-refractivity contribution in [1.29, 1.82) is 0 Å². The number of ether oxygens (including phenoxy) is 1. The number of carbonyl (C=O) groups is 2. The lowest BCUT2D eigenvalue weighted by molar-refractivity contribution is -0.115. The van der Waals surface area contributed by atoms with Crippen molar-refractivity contribution in [3.8, 4) is 0 Å². The summed E-state index contributed by atoms with van der Waals surface area (Å²) in [5.41, 5.74) is 2.04. The average molecular weight is 326 g/mol. The normalized spacial score (nSPS) is 10.2. The molecule has 0 unspecified atom stereocenters. The van der Waals surface area contributed by atoms with Gasteiger partial charge >= 0.3 is 5.97 Å². The van der Waals surface area contributed by atoms with Gasteiger partial charge < -0.3 is 15.4 Å². The van der Waals surface area contributed by atoms with Crippen molar-refractivity contribution in [2.75, 3.05) is 25.0 Å². The second-order valence-electron chi connectivity index (χ2n) is 5.23. The van der Waals surface area contributed by atoms with Crippen LogP contribution >= 0.6 is 0 Å². The first kappa shape index (κ1) is 17.7. The lowest BCUT2D eigenvalue weighted by atomic mass is 10.1. The summed E-state index contributed by atoms with van der Waals surface area (Å²) in [6.07, 6.45) is 0.855. The van der Waals surface area contributed by atoms with Crippen LogP contribution < -0.4 is 10.6 Å². The van der Waals surface area contributed by atoms with Gasteiger partial charge in [-0.1, -0.05) is 42.5 Å². The fraction of sp³-hybridized carbons (Fsp3) is 0.263. The van der Waals surface area contributed by atoms with Crippen LogP contribution in [-0.2, 0) is 16.0 Å². The van der Waals surface area contributed by atoms with Gasteiger partial charge in [0.2, 0.25) is 5.91 Å². The number of benzene rings is 2. The third-order valence-electron chi connectivity index (χ3n) is 3.42. The van der Waals surface area contributed by atoms with Gasteiger partial charge in [0.25, 0.3) is 0 Å². The molecule has 0 saturated heterocycles. The summed E-state index contributed by atoms with van der Waals surface area (Å²) < 4.78 is 4.99. The molecule has 126 valence electrons. The highest BCUT2D eigenvalue weighted by Crippen LogP contribution is 2.16. The molecule has 2 aromatic rings. The molecule has 24 heavy (non-hydrogen) atoms. The number of hydrogen-bond acceptors (Lipinski definition) is 4. The highest BCUT2D eigenvalue weighted by atomic mass is 16.5. The Kier molecular flexibility index (Phi) is 6.98. The predicted molar refractivity (Wildman–Crippen MR) is 94.0 cm³/mol. The van der Waals surface area contributed by atoms with E-state index in [9.17, 15) is 9.59 Å². The lowest BCUT2D eigenvalue weighted by Crippen LogP contribution is -2.30. The lowest BCUT2D eigenvalue weighted by Gasteiger charge is -2.11. The van der Waals surface area contributed by atoms with Crippen molar-refractivity contribution >= 4 is 17.6 Å². The first-order valence-electron chi connectivity index (χ1n) is 8.01. The van der Waals surface area contributed by atoms with Gasteiger partial charge in [-0.05, 0) is 37.6 Å². The molecule has 0 aliphatic rings. The molecule has 0 bridgehead atoms. The molecule has 0 aromatic heterocycles. The number of amides is 1. The molecule has 2 N–H and O–H groups in total. The number of carbonyl (C=O) groups excluding carboxylic acids is 2. The fourth-order valence-corrected chi connectivity index (χ4v) is 2.25. The smallest absolute Gasteiger partial charge is 0.340 e. The minimum atomic E-state index is -0.439. The molecule has 0 fully saturated rings. The van der Waals surface area contributed by atoms with E-state index in [2.05, 4.69) is 22.8 Å². The van der Waals surface area contributed by atoms with Gasteiger partial charge in [-0.3, -0.25) is 4.79 Å². The topological polar surface area (TPSA) is 67.4 Å². The van der Waals surface area contributed by atoms with Crippen LogP contribution in [0.3, 0.4) is 0 Å².